The zero-order chi connectivity index (χ0) is 17.5. The summed E-state index contributed by atoms with van der Waals surface area (Å²) in [5.74, 6) is 0.180. The number of ether oxygens (including phenoxy) is 1. The number of nitrogens with one attached hydrogen (secondary N) is 1. The third-order valence-corrected chi connectivity index (χ3v) is 4.89. The van der Waals surface area contributed by atoms with Gasteiger partial charge in [-0.2, -0.15) is 0 Å². The Kier molecular flexibility index (Phi) is 7.18. The molecule has 4 nitrogen and oxygen atoms in total. The predicted molar refractivity (Wildman–Crippen MR) is 93.2 cm³/mol. The van der Waals surface area contributed by atoms with Crippen LogP contribution in [0.1, 0.15) is 37.8 Å². The Morgan fingerprint density at radius 3 is 2.54 bits per heavy atom. The van der Waals surface area contributed by atoms with E-state index in [9.17, 15) is 9.18 Å². The standard InChI is InChI=1S/C19H29FN2O2/c1-4-16(5-2)18(22-8-10-24-11-9-22)19(23)21-13-15-6-7-17(20)14(3)12-15/h6-7,12,16,18H,4-5,8-11,13H2,1-3H3,(H,21,23)/t18-/m0/s1. The highest BCUT2D eigenvalue weighted by molar-refractivity contribution is 5.82. The van der Waals surface area contributed by atoms with Crippen molar-refractivity contribution in [3.05, 3.63) is 35.1 Å². The Bertz CT molecular complexity index is 540. The van der Waals surface area contributed by atoms with Crippen LogP contribution in [-0.2, 0) is 16.1 Å². The molecule has 1 saturated heterocycles. The number of hydrogen-bond donors (Lipinski definition) is 1. The smallest absolute Gasteiger partial charge is 0.237 e. The van der Waals surface area contributed by atoms with Crippen LogP contribution in [0.25, 0.3) is 0 Å². The van der Waals surface area contributed by atoms with Gasteiger partial charge in [-0.1, -0.05) is 38.8 Å². The minimum atomic E-state index is -0.215. The van der Waals surface area contributed by atoms with Gasteiger partial charge in [0.2, 0.25) is 5.91 Å². The Labute approximate surface area is 144 Å². The van der Waals surface area contributed by atoms with Gasteiger partial charge < -0.3 is 10.1 Å². The summed E-state index contributed by atoms with van der Waals surface area (Å²) in [4.78, 5) is 15.1. The Hall–Kier alpha value is -1.46. The maximum Gasteiger partial charge on any atom is 0.237 e. The molecule has 134 valence electrons. The molecule has 24 heavy (non-hydrogen) atoms. The zero-order valence-electron chi connectivity index (χ0n) is 15.0. The van der Waals surface area contributed by atoms with Gasteiger partial charge in [0.1, 0.15) is 5.82 Å². The van der Waals surface area contributed by atoms with Gasteiger partial charge in [0.25, 0.3) is 0 Å². The molecule has 1 aliphatic rings. The summed E-state index contributed by atoms with van der Waals surface area (Å²) in [6, 6.07) is 4.85. The molecule has 1 heterocycles. The zero-order valence-corrected chi connectivity index (χ0v) is 15.0. The third-order valence-electron chi connectivity index (χ3n) is 4.89. The second-order valence-electron chi connectivity index (χ2n) is 6.47. The molecule has 0 spiro atoms. The number of morpholine rings is 1. The number of benzene rings is 1. The average Bonchev–Trinajstić information content (AvgIpc) is 2.61. The lowest BCUT2D eigenvalue weighted by molar-refractivity contribution is -0.131. The van der Waals surface area contributed by atoms with E-state index in [1.54, 1.807) is 19.1 Å². The van der Waals surface area contributed by atoms with Crippen LogP contribution in [-0.4, -0.2) is 43.2 Å². The number of hydrogen-bond acceptors (Lipinski definition) is 3. The van der Waals surface area contributed by atoms with E-state index in [1.165, 1.54) is 6.07 Å². The van der Waals surface area contributed by atoms with Gasteiger partial charge in [-0.05, 0) is 30.0 Å². The van der Waals surface area contributed by atoms with Crippen LogP contribution in [0.3, 0.4) is 0 Å². The van der Waals surface area contributed by atoms with E-state index in [1.807, 2.05) is 0 Å². The molecule has 1 fully saturated rings. The summed E-state index contributed by atoms with van der Waals surface area (Å²) in [6.45, 7) is 9.40. The number of carbonyl (C=O) groups is 1. The van der Waals surface area contributed by atoms with Crippen LogP contribution >= 0.6 is 0 Å². The topological polar surface area (TPSA) is 41.6 Å². The maximum absolute atomic E-state index is 13.4. The summed E-state index contributed by atoms with van der Waals surface area (Å²) in [6.07, 6.45) is 1.95. The fourth-order valence-corrected chi connectivity index (χ4v) is 3.38. The van der Waals surface area contributed by atoms with Crippen molar-refractivity contribution in [2.24, 2.45) is 5.92 Å². The molecular weight excluding hydrogens is 307 g/mol. The minimum Gasteiger partial charge on any atom is -0.379 e. The van der Waals surface area contributed by atoms with Crippen molar-refractivity contribution in [1.82, 2.24) is 10.2 Å². The van der Waals surface area contributed by atoms with Crippen molar-refractivity contribution in [3.63, 3.8) is 0 Å². The van der Waals surface area contributed by atoms with E-state index in [4.69, 9.17) is 4.74 Å². The lowest BCUT2D eigenvalue weighted by atomic mass is 9.91. The van der Waals surface area contributed by atoms with E-state index in [2.05, 4.69) is 24.1 Å². The third kappa shape index (κ3) is 4.77. The summed E-state index contributed by atoms with van der Waals surface area (Å²) in [7, 11) is 0. The summed E-state index contributed by atoms with van der Waals surface area (Å²) < 4.78 is 18.8. The van der Waals surface area contributed by atoms with Gasteiger partial charge in [-0.3, -0.25) is 9.69 Å². The number of carbonyl (C=O) groups excluding carboxylic acids is 1. The van der Waals surface area contributed by atoms with E-state index in [0.717, 1.165) is 31.5 Å². The van der Waals surface area contributed by atoms with Gasteiger partial charge in [0, 0.05) is 19.6 Å². The average molecular weight is 336 g/mol. The van der Waals surface area contributed by atoms with Gasteiger partial charge in [0.15, 0.2) is 0 Å². The van der Waals surface area contributed by atoms with Crippen molar-refractivity contribution < 1.29 is 13.9 Å². The van der Waals surface area contributed by atoms with Crippen LogP contribution in [0.5, 0.6) is 0 Å². The Morgan fingerprint density at radius 2 is 1.96 bits per heavy atom. The van der Waals surface area contributed by atoms with E-state index in [0.29, 0.717) is 31.2 Å². The van der Waals surface area contributed by atoms with E-state index >= 15 is 0 Å². The molecule has 1 N–H and O–H groups in total. The largest absolute Gasteiger partial charge is 0.379 e. The highest BCUT2D eigenvalue weighted by Crippen LogP contribution is 2.20. The van der Waals surface area contributed by atoms with E-state index in [-0.39, 0.29) is 17.8 Å². The first-order chi connectivity index (χ1) is 11.6. The van der Waals surface area contributed by atoms with Crippen LogP contribution < -0.4 is 5.32 Å². The Morgan fingerprint density at radius 1 is 1.29 bits per heavy atom. The fraction of sp³-hybridized carbons (Fsp3) is 0.632. The van der Waals surface area contributed by atoms with E-state index < -0.39 is 0 Å². The van der Waals surface area contributed by atoms with Crippen molar-refractivity contribution in [2.75, 3.05) is 26.3 Å². The van der Waals surface area contributed by atoms with Gasteiger partial charge in [-0.25, -0.2) is 4.39 Å². The molecule has 0 unspecified atom stereocenters. The lowest BCUT2D eigenvalue weighted by Crippen LogP contribution is -2.54. The second-order valence-corrected chi connectivity index (χ2v) is 6.47. The molecule has 0 aliphatic carbocycles. The maximum atomic E-state index is 13.4. The van der Waals surface area contributed by atoms with Crippen molar-refractivity contribution in [1.29, 1.82) is 0 Å². The van der Waals surface area contributed by atoms with Gasteiger partial charge >= 0.3 is 0 Å². The van der Waals surface area contributed by atoms with Gasteiger partial charge in [-0.15, -0.1) is 0 Å². The molecule has 1 aliphatic heterocycles. The number of amides is 1. The number of halogens is 1. The first kappa shape index (κ1) is 18.9. The SMILES string of the molecule is CCC(CC)[C@@H](C(=O)NCc1ccc(F)c(C)c1)N1CCOCC1. The molecule has 1 aromatic rings. The first-order valence-electron chi connectivity index (χ1n) is 8.91. The highest BCUT2D eigenvalue weighted by Gasteiger charge is 2.32. The summed E-state index contributed by atoms with van der Waals surface area (Å²) in [5, 5.41) is 3.05. The molecule has 0 aromatic heterocycles. The normalized spacial score (nSPS) is 17.0. The van der Waals surface area contributed by atoms with Crippen LogP contribution in [0, 0.1) is 18.7 Å². The molecule has 1 amide bonds. The molecular formula is C19H29FN2O2. The molecule has 1 atom stereocenters. The summed E-state index contributed by atoms with van der Waals surface area (Å²) >= 11 is 0. The predicted octanol–water partition coefficient (Wildman–Crippen LogP) is 2.89. The number of rotatable bonds is 7. The minimum absolute atomic E-state index is 0.0626. The lowest BCUT2D eigenvalue weighted by Gasteiger charge is -2.37. The molecule has 0 radical (unpaired) electrons. The first-order valence-corrected chi connectivity index (χ1v) is 8.91. The monoisotopic (exact) mass is 336 g/mol. The molecule has 0 saturated carbocycles. The van der Waals surface area contributed by atoms with Crippen molar-refractivity contribution >= 4 is 5.91 Å². The Balaban J connectivity index is 2.04. The van der Waals surface area contributed by atoms with Crippen molar-refractivity contribution in [2.45, 2.75) is 46.2 Å². The fourth-order valence-electron chi connectivity index (χ4n) is 3.38. The summed E-state index contributed by atoms with van der Waals surface area (Å²) in [5.41, 5.74) is 1.53. The van der Waals surface area contributed by atoms with Crippen LogP contribution in [0.4, 0.5) is 4.39 Å². The van der Waals surface area contributed by atoms with Crippen LogP contribution in [0.15, 0.2) is 18.2 Å². The van der Waals surface area contributed by atoms with Crippen molar-refractivity contribution in [3.8, 4) is 0 Å². The highest BCUT2D eigenvalue weighted by atomic mass is 19.1. The quantitative estimate of drug-likeness (QED) is 0.832. The van der Waals surface area contributed by atoms with Crippen LogP contribution in [0.2, 0.25) is 0 Å². The number of nitrogens with zero attached hydrogens (tertiary/aromatic N) is 1. The van der Waals surface area contributed by atoms with Gasteiger partial charge in [0.05, 0.1) is 19.3 Å². The number of aryl methyl sites for hydroxylation is 1. The molecule has 0 bridgehead atoms. The second kappa shape index (κ2) is 9.14. The molecule has 5 heteroatoms. The molecule has 1 aromatic carbocycles. The molecule has 2 rings (SSSR count).